The van der Waals surface area contributed by atoms with Crippen molar-refractivity contribution < 1.29 is 19.4 Å². The number of piperidine rings is 1. The molecule has 6 heteroatoms. The number of urea groups is 1. The third-order valence-corrected chi connectivity index (χ3v) is 4.43. The first kappa shape index (κ1) is 15.6. The van der Waals surface area contributed by atoms with E-state index in [-0.39, 0.29) is 11.9 Å². The number of hydrogen-bond donors (Lipinski definition) is 2. The molecule has 0 atom stereocenters. The lowest BCUT2D eigenvalue weighted by Crippen LogP contribution is -2.42. The summed E-state index contributed by atoms with van der Waals surface area (Å²) in [6.07, 6.45) is 3.44. The number of aliphatic carboxylic acids is 1. The Labute approximate surface area is 135 Å². The number of carbonyl (C=O) groups is 2. The SMILES string of the molecule is O=C(O)C1CCN(C(=O)Nc2ccccc2OCC2CC2)CC1. The number of carboxylic acid groups (broad SMARTS) is 1. The Morgan fingerprint density at radius 3 is 2.52 bits per heavy atom. The van der Waals surface area contributed by atoms with Crippen molar-refractivity contribution in [3.8, 4) is 5.75 Å². The number of benzene rings is 1. The van der Waals surface area contributed by atoms with Crippen molar-refractivity contribution in [2.24, 2.45) is 11.8 Å². The maximum absolute atomic E-state index is 12.4. The van der Waals surface area contributed by atoms with Crippen molar-refractivity contribution in [1.82, 2.24) is 4.90 Å². The minimum absolute atomic E-state index is 0.198. The van der Waals surface area contributed by atoms with Crippen molar-refractivity contribution in [2.75, 3.05) is 25.0 Å². The zero-order valence-corrected chi connectivity index (χ0v) is 13.0. The molecule has 1 saturated carbocycles. The molecule has 1 aliphatic carbocycles. The first-order valence-electron chi connectivity index (χ1n) is 8.14. The largest absolute Gasteiger partial charge is 0.491 e. The molecule has 6 nitrogen and oxygen atoms in total. The van der Waals surface area contributed by atoms with Gasteiger partial charge in [-0.25, -0.2) is 4.79 Å². The standard InChI is InChI=1S/C17H22N2O4/c20-16(21)13-7-9-19(10-8-13)17(22)18-14-3-1-2-4-15(14)23-11-12-5-6-12/h1-4,12-13H,5-11H2,(H,18,22)(H,20,21). The van der Waals surface area contributed by atoms with Crippen LogP contribution in [0.25, 0.3) is 0 Å². The molecule has 23 heavy (non-hydrogen) atoms. The molecule has 0 spiro atoms. The Bertz CT molecular complexity index is 578. The van der Waals surface area contributed by atoms with E-state index < -0.39 is 5.97 Å². The topological polar surface area (TPSA) is 78.9 Å². The van der Waals surface area contributed by atoms with Gasteiger partial charge in [0.05, 0.1) is 18.2 Å². The van der Waals surface area contributed by atoms with Crippen LogP contribution in [0.5, 0.6) is 5.75 Å². The van der Waals surface area contributed by atoms with Crippen molar-refractivity contribution in [3.05, 3.63) is 24.3 Å². The van der Waals surface area contributed by atoms with Gasteiger partial charge in [0.1, 0.15) is 5.75 Å². The lowest BCUT2D eigenvalue weighted by molar-refractivity contribution is -0.143. The van der Waals surface area contributed by atoms with Gasteiger partial charge in [0, 0.05) is 13.1 Å². The molecule has 2 amide bonds. The van der Waals surface area contributed by atoms with Gasteiger partial charge in [-0.05, 0) is 43.7 Å². The Balaban J connectivity index is 1.56. The van der Waals surface area contributed by atoms with Crippen LogP contribution in [-0.2, 0) is 4.79 Å². The Hall–Kier alpha value is -2.24. The summed E-state index contributed by atoms with van der Waals surface area (Å²) in [5, 5.41) is 11.9. The van der Waals surface area contributed by atoms with E-state index in [0.29, 0.717) is 49.9 Å². The van der Waals surface area contributed by atoms with Crippen LogP contribution in [0, 0.1) is 11.8 Å². The Morgan fingerprint density at radius 1 is 1.17 bits per heavy atom. The molecule has 1 aromatic rings. The second-order valence-corrected chi connectivity index (χ2v) is 6.28. The van der Waals surface area contributed by atoms with Gasteiger partial charge >= 0.3 is 12.0 Å². The molecule has 124 valence electrons. The Morgan fingerprint density at radius 2 is 1.87 bits per heavy atom. The summed E-state index contributed by atoms with van der Waals surface area (Å²) in [6.45, 7) is 1.62. The molecule has 1 saturated heterocycles. The maximum atomic E-state index is 12.4. The molecule has 2 fully saturated rings. The third-order valence-electron chi connectivity index (χ3n) is 4.43. The lowest BCUT2D eigenvalue weighted by Gasteiger charge is -2.30. The maximum Gasteiger partial charge on any atom is 0.321 e. The van der Waals surface area contributed by atoms with Gasteiger partial charge in [0.25, 0.3) is 0 Å². The van der Waals surface area contributed by atoms with E-state index >= 15 is 0 Å². The van der Waals surface area contributed by atoms with E-state index in [1.807, 2.05) is 24.3 Å². The van der Waals surface area contributed by atoms with Gasteiger partial charge < -0.3 is 20.1 Å². The first-order chi connectivity index (χ1) is 11.1. The number of amides is 2. The predicted molar refractivity (Wildman–Crippen MR) is 85.6 cm³/mol. The summed E-state index contributed by atoms with van der Waals surface area (Å²) < 4.78 is 5.79. The summed E-state index contributed by atoms with van der Waals surface area (Å²) in [5.41, 5.74) is 0.665. The highest BCUT2D eigenvalue weighted by atomic mass is 16.5. The molecule has 3 rings (SSSR count). The minimum Gasteiger partial charge on any atom is -0.491 e. The average Bonchev–Trinajstić information content (AvgIpc) is 3.38. The van der Waals surface area contributed by atoms with E-state index in [1.165, 1.54) is 12.8 Å². The van der Waals surface area contributed by atoms with Crippen LogP contribution in [0.1, 0.15) is 25.7 Å². The van der Waals surface area contributed by atoms with Gasteiger partial charge in [0.15, 0.2) is 0 Å². The summed E-state index contributed by atoms with van der Waals surface area (Å²) in [5.74, 6) is 0.221. The second-order valence-electron chi connectivity index (χ2n) is 6.28. The highest BCUT2D eigenvalue weighted by molar-refractivity contribution is 5.91. The number of nitrogens with one attached hydrogen (secondary N) is 1. The van der Waals surface area contributed by atoms with Crippen molar-refractivity contribution in [2.45, 2.75) is 25.7 Å². The minimum atomic E-state index is -0.774. The lowest BCUT2D eigenvalue weighted by atomic mass is 9.97. The van der Waals surface area contributed by atoms with Gasteiger partial charge in [-0.2, -0.15) is 0 Å². The van der Waals surface area contributed by atoms with Crippen molar-refractivity contribution >= 4 is 17.7 Å². The number of carboxylic acids is 1. The van der Waals surface area contributed by atoms with E-state index in [4.69, 9.17) is 9.84 Å². The molecule has 2 aliphatic rings. The number of rotatable bonds is 5. The first-order valence-corrected chi connectivity index (χ1v) is 8.14. The monoisotopic (exact) mass is 318 g/mol. The molecule has 0 bridgehead atoms. The van der Waals surface area contributed by atoms with Gasteiger partial charge in [-0.3, -0.25) is 4.79 Å². The van der Waals surface area contributed by atoms with Gasteiger partial charge in [0.2, 0.25) is 0 Å². The van der Waals surface area contributed by atoms with Crippen LogP contribution < -0.4 is 10.1 Å². The molecular formula is C17H22N2O4. The van der Waals surface area contributed by atoms with Crippen LogP contribution >= 0.6 is 0 Å². The zero-order valence-electron chi connectivity index (χ0n) is 13.0. The van der Waals surface area contributed by atoms with Gasteiger partial charge in [-0.1, -0.05) is 12.1 Å². The molecule has 1 heterocycles. The molecular weight excluding hydrogens is 296 g/mol. The summed E-state index contributed by atoms with van der Waals surface area (Å²) in [6, 6.07) is 7.22. The molecule has 1 aromatic carbocycles. The van der Waals surface area contributed by atoms with E-state index in [9.17, 15) is 9.59 Å². The smallest absolute Gasteiger partial charge is 0.321 e. The van der Waals surface area contributed by atoms with Crippen molar-refractivity contribution in [3.63, 3.8) is 0 Å². The summed E-state index contributed by atoms with van der Waals surface area (Å²) >= 11 is 0. The summed E-state index contributed by atoms with van der Waals surface area (Å²) in [7, 11) is 0. The van der Waals surface area contributed by atoms with Crippen LogP contribution in [0.2, 0.25) is 0 Å². The van der Waals surface area contributed by atoms with E-state index in [0.717, 1.165) is 0 Å². The van der Waals surface area contributed by atoms with Crippen LogP contribution in [0.15, 0.2) is 24.3 Å². The second kappa shape index (κ2) is 6.89. The fraction of sp³-hybridized carbons (Fsp3) is 0.529. The molecule has 2 N–H and O–H groups in total. The average molecular weight is 318 g/mol. The normalized spacial score (nSPS) is 18.5. The molecule has 0 aromatic heterocycles. The van der Waals surface area contributed by atoms with Crippen LogP contribution in [0.3, 0.4) is 0 Å². The number of carbonyl (C=O) groups excluding carboxylic acids is 1. The highest BCUT2D eigenvalue weighted by Gasteiger charge is 2.27. The van der Waals surface area contributed by atoms with Gasteiger partial charge in [-0.15, -0.1) is 0 Å². The zero-order chi connectivity index (χ0) is 16.2. The quantitative estimate of drug-likeness (QED) is 0.875. The number of anilines is 1. The van der Waals surface area contributed by atoms with Crippen LogP contribution in [-0.4, -0.2) is 41.7 Å². The van der Waals surface area contributed by atoms with E-state index in [2.05, 4.69) is 5.32 Å². The molecule has 0 unspecified atom stereocenters. The number of ether oxygens (including phenoxy) is 1. The predicted octanol–water partition coefficient (Wildman–Crippen LogP) is 2.80. The highest BCUT2D eigenvalue weighted by Crippen LogP contribution is 2.32. The third kappa shape index (κ3) is 4.15. The number of likely N-dealkylation sites (tertiary alicyclic amines) is 1. The fourth-order valence-electron chi connectivity index (χ4n) is 2.71. The number of nitrogens with zero attached hydrogens (tertiary/aromatic N) is 1. The molecule has 0 radical (unpaired) electrons. The number of hydrogen-bond acceptors (Lipinski definition) is 3. The fourth-order valence-corrected chi connectivity index (χ4v) is 2.71. The Kier molecular flexibility index (Phi) is 4.69. The summed E-state index contributed by atoms with van der Waals surface area (Å²) in [4.78, 5) is 25.0. The number of para-hydroxylation sites is 2. The van der Waals surface area contributed by atoms with E-state index in [1.54, 1.807) is 4.90 Å². The van der Waals surface area contributed by atoms with Crippen molar-refractivity contribution in [1.29, 1.82) is 0 Å². The molecule has 1 aliphatic heterocycles. The van der Waals surface area contributed by atoms with Crippen LogP contribution in [0.4, 0.5) is 10.5 Å².